The Morgan fingerprint density at radius 3 is 2.54 bits per heavy atom. The lowest BCUT2D eigenvalue weighted by Gasteiger charge is -2.41. The second-order valence-electron chi connectivity index (χ2n) is 9.78. The first-order valence-corrected chi connectivity index (χ1v) is 13.5. The molecule has 0 saturated carbocycles. The molecular weight excluding hydrogens is 473 g/mol. The molecule has 35 heavy (non-hydrogen) atoms. The molecule has 2 amide bonds. The number of amides is 2. The molecule has 0 radical (unpaired) electrons. The molecule has 1 aromatic rings. The highest BCUT2D eigenvalue weighted by Crippen LogP contribution is 2.29. The molecule has 9 nitrogen and oxygen atoms in total. The molecule has 3 saturated heterocycles. The summed E-state index contributed by atoms with van der Waals surface area (Å²) in [5.74, 6) is -1.61. The summed E-state index contributed by atoms with van der Waals surface area (Å²) in [7, 11) is -3.71. The van der Waals surface area contributed by atoms with E-state index in [4.69, 9.17) is 5.26 Å². The minimum atomic E-state index is -3.71. The van der Waals surface area contributed by atoms with Gasteiger partial charge < -0.3 is 10.2 Å². The maximum Gasteiger partial charge on any atom is 0.282 e. The second kappa shape index (κ2) is 10.2. The van der Waals surface area contributed by atoms with Crippen molar-refractivity contribution in [1.82, 2.24) is 18.8 Å². The Kier molecular flexibility index (Phi) is 7.45. The standard InChI is InChI=1S/C24H32FN5O4S/c1-16-7-8-19(11-21(16)25)17(2)27-23(31)22-6-4-10-30(22)24(32)20-5-3-9-28(15-20)35(33,34)29-13-18(12-26)14-29/h7-8,11,17-18,20,22H,3-6,9-10,13-15H2,1-2H3,(H,27,31)/t17-,20+,22-/m1/s1. The topological polar surface area (TPSA) is 114 Å². The van der Waals surface area contributed by atoms with E-state index in [-0.39, 0.29) is 43.2 Å². The highest BCUT2D eigenvalue weighted by Gasteiger charge is 2.44. The molecule has 4 rings (SSSR count). The molecule has 1 N–H and O–H groups in total. The van der Waals surface area contributed by atoms with Crippen LogP contribution >= 0.6 is 0 Å². The van der Waals surface area contributed by atoms with Crippen molar-refractivity contribution in [1.29, 1.82) is 5.26 Å². The Labute approximate surface area is 206 Å². The fourth-order valence-electron chi connectivity index (χ4n) is 5.03. The van der Waals surface area contributed by atoms with Crippen molar-refractivity contribution in [3.8, 4) is 6.07 Å². The van der Waals surface area contributed by atoms with Crippen molar-refractivity contribution in [2.45, 2.75) is 51.6 Å². The summed E-state index contributed by atoms with van der Waals surface area (Å²) in [5.41, 5.74) is 1.18. The minimum absolute atomic E-state index is 0.0821. The molecule has 0 unspecified atom stereocenters. The van der Waals surface area contributed by atoms with Crippen molar-refractivity contribution >= 4 is 22.0 Å². The van der Waals surface area contributed by atoms with Crippen LogP contribution in [0.5, 0.6) is 0 Å². The fourth-order valence-corrected chi connectivity index (χ4v) is 6.83. The van der Waals surface area contributed by atoms with Gasteiger partial charge in [0.05, 0.1) is 23.9 Å². The summed E-state index contributed by atoms with van der Waals surface area (Å²) in [6.07, 6.45) is 2.35. The van der Waals surface area contributed by atoms with Gasteiger partial charge in [0, 0.05) is 32.7 Å². The van der Waals surface area contributed by atoms with Crippen LogP contribution in [0.15, 0.2) is 18.2 Å². The number of rotatable bonds is 6. The van der Waals surface area contributed by atoms with E-state index in [1.165, 1.54) is 14.7 Å². The molecule has 3 heterocycles. The first-order valence-electron chi connectivity index (χ1n) is 12.1. The van der Waals surface area contributed by atoms with E-state index < -0.39 is 28.2 Å². The van der Waals surface area contributed by atoms with Crippen molar-refractivity contribution in [2.24, 2.45) is 11.8 Å². The predicted octanol–water partition coefficient (Wildman–Crippen LogP) is 1.71. The maximum atomic E-state index is 14.0. The van der Waals surface area contributed by atoms with Crippen LogP contribution in [-0.4, -0.2) is 72.5 Å². The molecule has 0 aliphatic carbocycles. The Morgan fingerprint density at radius 1 is 1.14 bits per heavy atom. The van der Waals surface area contributed by atoms with Gasteiger partial charge in [0.15, 0.2) is 0 Å². The number of nitriles is 1. The molecule has 0 bridgehead atoms. The van der Waals surface area contributed by atoms with Crippen LogP contribution in [-0.2, 0) is 19.8 Å². The van der Waals surface area contributed by atoms with Crippen molar-refractivity contribution in [3.05, 3.63) is 35.1 Å². The number of hydrogen-bond donors (Lipinski definition) is 1. The minimum Gasteiger partial charge on any atom is -0.348 e. The normalized spacial score (nSPS) is 25.0. The van der Waals surface area contributed by atoms with E-state index in [9.17, 15) is 22.4 Å². The van der Waals surface area contributed by atoms with E-state index in [0.29, 0.717) is 49.9 Å². The number of piperidine rings is 1. The van der Waals surface area contributed by atoms with E-state index in [0.717, 1.165) is 0 Å². The van der Waals surface area contributed by atoms with E-state index in [1.54, 1.807) is 30.9 Å². The fraction of sp³-hybridized carbons (Fsp3) is 0.625. The van der Waals surface area contributed by atoms with Crippen LogP contribution in [0, 0.1) is 35.9 Å². The molecule has 3 fully saturated rings. The van der Waals surface area contributed by atoms with Crippen LogP contribution in [0.25, 0.3) is 0 Å². The summed E-state index contributed by atoms with van der Waals surface area (Å²) in [6.45, 7) is 4.70. The molecule has 3 aliphatic heterocycles. The average molecular weight is 506 g/mol. The van der Waals surface area contributed by atoms with Crippen molar-refractivity contribution in [3.63, 3.8) is 0 Å². The first kappa shape index (κ1) is 25.5. The molecular formula is C24H32FN5O4S. The van der Waals surface area contributed by atoms with Crippen LogP contribution in [0.3, 0.4) is 0 Å². The SMILES string of the molecule is Cc1ccc([C@@H](C)NC(=O)[C@H]2CCCN2C(=O)[C@H]2CCCN(S(=O)(=O)N3CC(C#N)C3)C2)cc1F. The van der Waals surface area contributed by atoms with Gasteiger partial charge in [-0.05, 0) is 56.7 Å². The smallest absolute Gasteiger partial charge is 0.282 e. The van der Waals surface area contributed by atoms with Crippen molar-refractivity contribution in [2.75, 3.05) is 32.7 Å². The highest BCUT2D eigenvalue weighted by molar-refractivity contribution is 7.86. The summed E-state index contributed by atoms with van der Waals surface area (Å²) in [5, 5.41) is 11.9. The molecule has 190 valence electrons. The van der Waals surface area contributed by atoms with Gasteiger partial charge in [-0.25, -0.2) is 4.39 Å². The Morgan fingerprint density at radius 2 is 1.86 bits per heavy atom. The third kappa shape index (κ3) is 5.20. The van der Waals surface area contributed by atoms with E-state index in [2.05, 4.69) is 11.4 Å². The number of aryl methyl sites for hydroxylation is 1. The molecule has 0 aromatic heterocycles. The summed E-state index contributed by atoms with van der Waals surface area (Å²) >= 11 is 0. The Bertz CT molecular complexity index is 1130. The third-order valence-electron chi connectivity index (χ3n) is 7.31. The van der Waals surface area contributed by atoms with Crippen LogP contribution in [0.2, 0.25) is 0 Å². The Hall–Kier alpha value is -2.55. The van der Waals surface area contributed by atoms with Crippen LogP contribution < -0.4 is 5.32 Å². The number of nitrogens with one attached hydrogen (secondary N) is 1. The van der Waals surface area contributed by atoms with E-state index >= 15 is 0 Å². The number of benzene rings is 1. The quantitative estimate of drug-likeness (QED) is 0.632. The summed E-state index contributed by atoms with van der Waals surface area (Å²) in [4.78, 5) is 28.0. The van der Waals surface area contributed by atoms with Gasteiger partial charge in [0.1, 0.15) is 11.9 Å². The number of carbonyl (C=O) groups excluding carboxylic acids is 2. The van der Waals surface area contributed by atoms with Gasteiger partial charge in [-0.1, -0.05) is 12.1 Å². The van der Waals surface area contributed by atoms with Gasteiger partial charge in [-0.15, -0.1) is 0 Å². The zero-order valence-corrected chi connectivity index (χ0v) is 20.9. The van der Waals surface area contributed by atoms with Gasteiger partial charge in [-0.3, -0.25) is 9.59 Å². The molecule has 1 aromatic carbocycles. The number of halogens is 1. The molecule has 0 spiro atoms. The van der Waals surface area contributed by atoms with E-state index in [1.807, 2.05) is 0 Å². The zero-order chi connectivity index (χ0) is 25.3. The van der Waals surface area contributed by atoms with Gasteiger partial charge in [-0.2, -0.15) is 22.3 Å². The lowest BCUT2D eigenvalue weighted by molar-refractivity contribution is -0.142. The highest BCUT2D eigenvalue weighted by atomic mass is 32.2. The van der Waals surface area contributed by atoms with Crippen LogP contribution in [0.1, 0.15) is 49.8 Å². The summed E-state index contributed by atoms with van der Waals surface area (Å²) in [6, 6.07) is 5.88. The van der Waals surface area contributed by atoms with Crippen molar-refractivity contribution < 1.29 is 22.4 Å². The number of nitrogens with zero attached hydrogens (tertiary/aromatic N) is 4. The number of likely N-dealkylation sites (tertiary alicyclic amines) is 1. The van der Waals surface area contributed by atoms with Gasteiger partial charge in [0.25, 0.3) is 10.2 Å². The van der Waals surface area contributed by atoms with Crippen LogP contribution in [0.4, 0.5) is 4.39 Å². The number of carbonyl (C=O) groups is 2. The molecule has 11 heteroatoms. The largest absolute Gasteiger partial charge is 0.348 e. The maximum absolute atomic E-state index is 14.0. The lowest BCUT2D eigenvalue weighted by Crippen LogP contribution is -2.57. The monoisotopic (exact) mass is 505 g/mol. The second-order valence-corrected chi connectivity index (χ2v) is 11.7. The first-order chi connectivity index (χ1) is 16.6. The average Bonchev–Trinajstić information content (AvgIpc) is 3.29. The third-order valence-corrected chi connectivity index (χ3v) is 9.24. The molecule has 3 aliphatic rings. The summed E-state index contributed by atoms with van der Waals surface area (Å²) < 4.78 is 42.4. The lowest BCUT2D eigenvalue weighted by atomic mass is 9.97. The Balaban J connectivity index is 1.39. The van der Waals surface area contributed by atoms with Gasteiger partial charge in [0.2, 0.25) is 11.8 Å². The molecule has 3 atom stereocenters. The number of hydrogen-bond acceptors (Lipinski definition) is 5. The van der Waals surface area contributed by atoms with Gasteiger partial charge >= 0.3 is 0 Å². The predicted molar refractivity (Wildman–Crippen MR) is 126 cm³/mol. The zero-order valence-electron chi connectivity index (χ0n) is 20.1.